The molecule has 0 spiro atoms. The van der Waals surface area contributed by atoms with Gasteiger partial charge in [-0.1, -0.05) is 48.5 Å². The summed E-state index contributed by atoms with van der Waals surface area (Å²) in [5, 5.41) is 19.0. The van der Waals surface area contributed by atoms with E-state index in [9.17, 15) is 24.5 Å². The molecule has 0 atom stereocenters. The largest absolute Gasteiger partial charge is 0.457 e. The molecule has 0 aliphatic heterocycles. The van der Waals surface area contributed by atoms with E-state index in [0.717, 1.165) is 10.5 Å². The average molecular weight is 619 g/mol. The molecule has 5 aromatic rings. The van der Waals surface area contributed by atoms with Crippen LogP contribution in [0.3, 0.4) is 0 Å². The number of nitro groups is 1. The molecule has 3 N–H and O–H groups in total. The van der Waals surface area contributed by atoms with E-state index < -0.39 is 16.7 Å². The maximum Gasteiger partial charge on any atom is 0.272 e. The lowest BCUT2D eigenvalue weighted by molar-refractivity contribution is -0.384. The summed E-state index contributed by atoms with van der Waals surface area (Å²) >= 11 is 1.28. The maximum absolute atomic E-state index is 13.4. The minimum atomic E-state index is -0.556. The number of furan rings is 1. The lowest BCUT2D eigenvalue weighted by atomic mass is 10.2. The van der Waals surface area contributed by atoms with E-state index in [1.54, 1.807) is 66.7 Å². The van der Waals surface area contributed by atoms with Crippen LogP contribution in [0.2, 0.25) is 0 Å². The number of benzene rings is 4. The molecule has 1 aromatic heterocycles. The molecule has 3 amide bonds. The molecule has 0 bridgehead atoms. The standard InChI is InChI=1S/C34H26N4O6S/c39-32(35-25-11-15-27(16-12-25)38(42)43)22-45-29-18-13-26(14-19-29)36-34(41)30(37-33(40)24-9-5-2-6-10-24)21-28-17-20-31(44-28)23-7-3-1-4-8-23/h1-21H,22H2,(H,35,39)(H,36,41)(H,37,40)/b30-21-. The van der Waals surface area contributed by atoms with Gasteiger partial charge in [-0.25, -0.2) is 0 Å². The number of carbonyl (C=O) groups excluding carboxylic acids is 3. The van der Waals surface area contributed by atoms with Crippen molar-refractivity contribution in [2.45, 2.75) is 4.90 Å². The number of hydrogen-bond acceptors (Lipinski definition) is 7. The smallest absolute Gasteiger partial charge is 0.272 e. The summed E-state index contributed by atoms with van der Waals surface area (Å²) in [5.74, 6) is -0.180. The molecule has 1 heterocycles. The number of hydrogen-bond donors (Lipinski definition) is 3. The Kier molecular flexibility index (Phi) is 9.83. The Morgan fingerprint density at radius 2 is 1.38 bits per heavy atom. The van der Waals surface area contributed by atoms with Gasteiger partial charge in [0.15, 0.2) is 0 Å². The van der Waals surface area contributed by atoms with Gasteiger partial charge in [0.1, 0.15) is 17.2 Å². The molecule has 4 aromatic carbocycles. The van der Waals surface area contributed by atoms with Crippen LogP contribution in [-0.2, 0) is 9.59 Å². The van der Waals surface area contributed by atoms with Crippen LogP contribution < -0.4 is 16.0 Å². The highest BCUT2D eigenvalue weighted by atomic mass is 32.2. The van der Waals surface area contributed by atoms with Crippen LogP contribution in [0, 0.1) is 10.1 Å². The summed E-state index contributed by atoms with van der Waals surface area (Å²) in [6.45, 7) is 0. The van der Waals surface area contributed by atoms with Gasteiger partial charge in [-0.05, 0) is 60.7 Å². The lowest BCUT2D eigenvalue weighted by Gasteiger charge is -2.11. The van der Waals surface area contributed by atoms with E-state index in [0.29, 0.717) is 28.5 Å². The molecule has 0 radical (unpaired) electrons. The molecule has 10 nitrogen and oxygen atoms in total. The van der Waals surface area contributed by atoms with Crippen LogP contribution in [-0.4, -0.2) is 28.4 Å². The zero-order valence-corrected chi connectivity index (χ0v) is 24.5. The fourth-order valence-electron chi connectivity index (χ4n) is 4.12. The van der Waals surface area contributed by atoms with Gasteiger partial charge in [0.05, 0.1) is 10.7 Å². The minimum absolute atomic E-state index is 0.0146. The first-order chi connectivity index (χ1) is 21.8. The summed E-state index contributed by atoms with van der Waals surface area (Å²) in [6, 6.07) is 34.0. The van der Waals surface area contributed by atoms with Crippen LogP contribution in [0.1, 0.15) is 16.1 Å². The predicted octanol–water partition coefficient (Wildman–Crippen LogP) is 7.00. The molecule has 0 unspecified atom stereocenters. The summed E-state index contributed by atoms with van der Waals surface area (Å²) in [5.41, 5.74) is 2.12. The summed E-state index contributed by atoms with van der Waals surface area (Å²) in [6.07, 6.45) is 1.47. The molecule has 0 saturated heterocycles. The molecule has 0 aliphatic rings. The van der Waals surface area contributed by atoms with Crippen molar-refractivity contribution in [1.82, 2.24) is 5.32 Å². The van der Waals surface area contributed by atoms with Gasteiger partial charge in [0.2, 0.25) is 5.91 Å². The van der Waals surface area contributed by atoms with Crippen molar-refractivity contribution in [3.05, 3.63) is 148 Å². The van der Waals surface area contributed by atoms with Crippen molar-refractivity contribution in [1.29, 1.82) is 0 Å². The van der Waals surface area contributed by atoms with Gasteiger partial charge in [-0.3, -0.25) is 24.5 Å². The summed E-state index contributed by atoms with van der Waals surface area (Å²) in [4.78, 5) is 49.7. The SMILES string of the molecule is O=C(CSc1ccc(NC(=O)/C(=C/c2ccc(-c3ccccc3)o2)NC(=O)c2ccccc2)cc1)Nc1ccc([N+](=O)[O-])cc1. The van der Waals surface area contributed by atoms with Gasteiger partial charge < -0.3 is 20.4 Å². The van der Waals surface area contributed by atoms with E-state index in [2.05, 4.69) is 16.0 Å². The van der Waals surface area contributed by atoms with Crippen molar-refractivity contribution in [2.75, 3.05) is 16.4 Å². The second kappa shape index (κ2) is 14.5. The van der Waals surface area contributed by atoms with Crippen LogP contribution in [0.15, 0.2) is 136 Å². The topological polar surface area (TPSA) is 144 Å². The van der Waals surface area contributed by atoms with E-state index in [1.807, 2.05) is 30.3 Å². The monoisotopic (exact) mass is 618 g/mol. The number of non-ortho nitro benzene ring substituents is 1. The highest BCUT2D eigenvalue weighted by molar-refractivity contribution is 8.00. The van der Waals surface area contributed by atoms with Gasteiger partial charge in [0.25, 0.3) is 17.5 Å². The van der Waals surface area contributed by atoms with Crippen molar-refractivity contribution in [3.8, 4) is 11.3 Å². The average Bonchev–Trinajstić information content (AvgIpc) is 3.54. The lowest BCUT2D eigenvalue weighted by Crippen LogP contribution is -2.30. The Morgan fingerprint density at radius 1 is 0.756 bits per heavy atom. The van der Waals surface area contributed by atoms with Gasteiger partial charge in [-0.2, -0.15) is 0 Å². The zero-order valence-electron chi connectivity index (χ0n) is 23.6. The third-order valence-electron chi connectivity index (χ3n) is 6.34. The predicted molar refractivity (Wildman–Crippen MR) is 174 cm³/mol. The molecule has 5 rings (SSSR count). The maximum atomic E-state index is 13.4. The Labute approximate surface area is 262 Å². The van der Waals surface area contributed by atoms with Gasteiger partial charge in [0, 0.05) is 45.6 Å². The van der Waals surface area contributed by atoms with Crippen LogP contribution in [0.25, 0.3) is 17.4 Å². The van der Waals surface area contributed by atoms with Crippen LogP contribution in [0.5, 0.6) is 0 Å². The quantitative estimate of drug-likeness (QED) is 0.0626. The second-order valence-electron chi connectivity index (χ2n) is 9.57. The van der Waals surface area contributed by atoms with E-state index in [4.69, 9.17) is 4.42 Å². The van der Waals surface area contributed by atoms with Gasteiger partial charge in [-0.15, -0.1) is 11.8 Å². The molecule has 0 aliphatic carbocycles. The van der Waals surface area contributed by atoms with Gasteiger partial charge >= 0.3 is 0 Å². The highest BCUT2D eigenvalue weighted by Gasteiger charge is 2.17. The Hall–Kier alpha value is -5.94. The number of nitro benzene ring substituents is 1. The minimum Gasteiger partial charge on any atom is -0.457 e. The zero-order chi connectivity index (χ0) is 31.6. The Balaban J connectivity index is 1.24. The molecule has 224 valence electrons. The number of nitrogens with zero attached hydrogens (tertiary/aromatic N) is 1. The summed E-state index contributed by atoms with van der Waals surface area (Å²) < 4.78 is 5.93. The third kappa shape index (κ3) is 8.55. The molecular formula is C34H26N4O6S. The first-order valence-corrected chi connectivity index (χ1v) is 14.6. The first kappa shape index (κ1) is 30.5. The Morgan fingerprint density at radius 3 is 2.04 bits per heavy atom. The van der Waals surface area contributed by atoms with Crippen LogP contribution >= 0.6 is 11.8 Å². The van der Waals surface area contributed by atoms with Crippen LogP contribution in [0.4, 0.5) is 17.1 Å². The Bertz CT molecular complexity index is 1840. The number of carbonyl (C=O) groups is 3. The molecule has 45 heavy (non-hydrogen) atoms. The molecule has 0 saturated carbocycles. The number of amides is 3. The van der Waals surface area contributed by atoms with E-state index >= 15 is 0 Å². The molecular weight excluding hydrogens is 592 g/mol. The van der Waals surface area contributed by atoms with Crippen molar-refractivity contribution in [3.63, 3.8) is 0 Å². The number of nitrogens with one attached hydrogen (secondary N) is 3. The van der Waals surface area contributed by atoms with E-state index in [1.165, 1.54) is 42.1 Å². The third-order valence-corrected chi connectivity index (χ3v) is 7.36. The normalized spacial score (nSPS) is 11.0. The van der Waals surface area contributed by atoms with Crippen molar-refractivity contribution < 1.29 is 23.7 Å². The van der Waals surface area contributed by atoms with Crippen molar-refractivity contribution in [2.24, 2.45) is 0 Å². The highest BCUT2D eigenvalue weighted by Crippen LogP contribution is 2.24. The number of thioether (sulfide) groups is 1. The summed E-state index contributed by atoms with van der Waals surface area (Å²) in [7, 11) is 0. The van der Waals surface area contributed by atoms with E-state index in [-0.39, 0.29) is 23.0 Å². The molecule has 11 heteroatoms. The second-order valence-corrected chi connectivity index (χ2v) is 10.6. The number of anilines is 2. The fraction of sp³-hybridized carbons (Fsp3) is 0.0294. The number of rotatable bonds is 11. The molecule has 0 fully saturated rings. The first-order valence-electron chi connectivity index (χ1n) is 13.7. The van der Waals surface area contributed by atoms with Crippen molar-refractivity contribution >= 4 is 52.6 Å². The fourth-order valence-corrected chi connectivity index (χ4v) is 4.82.